The molecule has 2 fully saturated rings. The van der Waals surface area contributed by atoms with Crippen molar-refractivity contribution in [2.75, 3.05) is 42.9 Å². The molecule has 2 aromatic rings. The molecule has 1 aromatic heterocycles. The molecule has 1 aliphatic carbocycles. The van der Waals surface area contributed by atoms with Gasteiger partial charge in [0.2, 0.25) is 0 Å². The van der Waals surface area contributed by atoms with Gasteiger partial charge in [0.1, 0.15) is 5.82 Å². The van der Waals surface area contributed by atoms with Crippen molar-refractivity contribution >= 4 is 17.5 Å². The number of hydrogen-bond donors (Lipinski definition) is 2. The zero-order chi connectivity index (χ0) is 18.6. The van der Waals surface area contributed by atoms with Gasteiger partial charge in [-0.3, -0.25) is 0 Å². The predicted molar refractivity (Wildman–Crippen MR) is 108 cm³/mol. The topological polar surface area (TPSA) is 60.5 Å². The van der Waals surface area contributed by atoms with Crippen molar-refractivity contribution in [1.82, 2.24) is 15.2 Å². The van der Waals surface area contributed by atoms with Crippen molar-refractivity contribution < 1.29 is 4.79 Å². The van der Waals surface area contributed by atoms with E-state index in [4.69, 9.17) is 0 Å². The maximum Gasteiger partial charge on any atom is 0.319 e. The fourth-order valence-corrected chi connectivity index (χ4v) is 3.70. The lowest BCUT2D eigenvalue weighted by atomic mass is 10.1. The number of nitrogens with zero attached hydrogens (tertiary/aromatic N) is 3. The van der Waals surface area contributed by atoms with Crippen LogP contribution in [0.15, 0.2) is 48.7 Å². The zero-order valence-corrected chi connectivity index (χ0v) is 15.8. The summed E-state index contributed by atoms with van der Waals surface area (Å²) in [5, 5.41) is 5.94. The van der Waals surface area contributed by atoms with Gasteiger partial charge in [-0.05, 0) is 30.7 Å². The number of amides is 2. The van der Waals surface area contributed by atoms with Gasteiger partial charge in [0.15, 0.2) is 0 Å². The first-order chi connectivity index (χ1) is 13.2. The third kappa shape index (κ3) is 4.39. The smallest absolute Gasteiger partial charge is 0.319 e. The fraction of sp³-hybridized carbons (Fsp3) is 0.429. The number of rotatable bonds is 5. The molecule has 2 aliphatic rings. The average molecular weight is 365 g/mol. The van der Waals surface area contributed by atoms with Crippen molar-refractivity contribution in [1.29, 1.82) is 0 Å². The second kappa shape index (κ2) is 7.96. The number of piperazine rings is 1. The van der Waals surface area contributed by atoms with Crippen LogP contribution in [0.2, 0.25) is 0 Å². The molecule has 0 spiro atoms. The Morgan fingerprint density at radius 3 is 2.56 bits per heavy atom. The van der Waals surface area contributed by atoms with E-state index in [0.717, 1.165) is 50.6 Å². The first-order valence-electron chi connectivity index (χ1n) is 9.79. The highest BCUT2D eigenvalue weighted by molar-refractivity contribution is 5.89. The van der Waals surface area contributed by atoms with Crippen LogP contribution in [0, 0.1) is 0 Å². The van der Waals surface area contributed by atoms with Crippen LogP contribution in [0.3, 0.4) is 0 Å². The number of benzene rings is 1. The minimum Gasteiger partial charge on any atom is -0.354 e. The Labute approximate surface area is 160 Å². The summed E-state index contributed by atoms with van der Waals surface area (Å²) in [7, 11) is 0. The van der Waals surface area contributed by atoms with Gasteiger partial charge in [-0.1, -0.05) is 37.3 Å². The zero-order valence-electron chi connectivity index (χ0n) is 15.8. The molecule has 2 N–H and O–H groups in total. The van der Waals surface area contributed by atoms with Crippen molar-refractivity contribution in [2.45, 2.75) is 25.3 Å². The van der Waals surface area contributed by atoms with Gasteiger partial charge < -0.3 is 20.4 Å². The number of carbonyl (C=O) groups is 1. The summed E-state index contributed by atoms with van der Waals surface area (Å²) in [6, 6.07) is 14.3. The minimum absolute atomic E-state index is 0.162. The Morgan fingerprint density at radius 2 is 1.89 bits per heavy atom. The molecule has 0 radical (unpaired) electrons. The largest absolute Gasteiger partial charge is 0.354 e. The van der Waals surface area contributed by atoms with E-state index in [2.05, 4.69) is 44.5 Å². The SMILES string of the molecule is CCN1CCN(c2ccc(NC(=O)N[C@@H]3C[C@H]3c3ccccc3)cn2)CC1. The number of likely N-dealkylation sites (N-methyl/N-ethyl adjacent to an activating group) is 1. The summed E-state index contributed by atoms with van der Waals surface area (Å²) >= 11 is 0. The van der Waals surface area contributed by atoms with Crippen molar-refractivity contribution in [2.24, 2.45) is 0 Å². The Balaban J connectivity index is 1.26. The summed E-state index contributed by atoms with van der Waals surface area (Å²) in [4.78, 5) is 21.5. The summed E-state index contributed by atoms with van der Waals surface area (Å²) in [6.07, 6.45) is 2.74. The molecule has 1 saturated heterocycles. The van der Waals surface area contributed by atoms with E-state index in [1.54, 1.807) is 6.20 Å². The van der Waals surface area contributed by atoms with Crippen LogP contribution in [0.4, 0.5) is 16.3 Å². The maximum absolute atomic E-state index is 12.2. The van der Waals surface area contributed by atoms with E-state index in [1.165, 1.54) is 5.56 Å². The van der Waals surface area contributed by atoms with Crippen LogP contribution >= 0.6 is 0 Å². The summed E-state index contributed by atoms with van der Waals surface area (Å²) < 4.78 is 0. The van der Waals surface area contributed by atoms with Gasteiger partial charge >= 0.3 is 6.03 Å². The van der Waals surface area contributed by atoms with Crippen LogP contribution in [0.25, 0.3) is 0 Å². The Kier molecular flexibility index (Phi) is 5.25. The van der Waals surface area contributed by atoms with Gasteiger partial charge in [0.25, 0.3) is 0 Å². The lowest BCUT2D eigenvalue weighted by Crippen LogP contribution is -2.46. The number of carbonyl (C=O) groups excluding carboxylic acids is 1. The summed E-state index contributed by atoms with van der Waals surface area (Å²) in [6.45, 7) is 7.44. The third-order valence-corrected chi connectivity index (χ3v) is 5.48. The van der Waals surface area contributed by atoms with Crippen molar-refractivity contribution in [3.05, 3.63) is 54.2 Å². The summed E-state index contributed by atoms with van der Waals surface area (Å²) in [5.74, 6) is 1.40. The van der Waals surface area contributed by atoms with Crippen molar-refractivity contribution in [3.63, 3.8) is 0 Å². The third-order valence-electron chi connectivity index (χ3n) is 5.48. The number of nitrogens with one attached hydrogen (secondary N) is 2. The van der Waals surface area contributed by atoms with E-state index < -0.39 is 0 Å². The molecule has 0 bridgehead atoms. The first-order valence-corrected chi connectivity index (χ1v) is 9.79. The first kappa shape index (κ1) is 17.8. The second-order valence-electron chi connectivity index (χ2n) is 7.28. The molecule has 1 saturated carbocycles. The number of anilines is 2. The van der Waals surface area contributed by atoms with Gasteiger partial charge in [0.05, 0.1) is 11.9 Å². The van der Waals surface area contributed by atoms with Crippen LogP contribution in [-0.2, 0) is 0 Å². The van der Waals surface area contributed by atoms with Crippen LogP contribution in [-0.4, -0.2) is 54.7 Å². The molecule has 4 rings (SSSR count). The molecule has 1 aliphatic heterocycles. The van der Waals surface area contributed by atoms with Crippen LogP contribution in [0.5, 0.6) is 0 Å². The van der Waals surface area contributed by atoms with Crippen LogP contribution in [0.1, 0.15) is 24.8 Å². The number of aromatic nitrogens is 1. The van der Waals surface area contributed by atoms with E-state index in [9.17, 15) is 4.79 Å². The lowest BCUT2D eigenvalue weighted by molar-refractivity contribution is 0.251. The molecule has 6 nitrogen and oxygen atoms in total. The van der Waals surface area contributed by atoms with Gasteiger partial charge in [-0.2, -0.15) is 0 Å². The molecular formula is C21H27N5O. The second-order valence-corrected chi connectivity index (χ2v) is 7.28. The molecule has 2 atom stereocenters. The highest BCUT2D eigenvalue weighted by Crippen LogP contribution is 2.40. The molecule has 2 amide bonds. The Bertz CT molecular complexity index is 756. The standard InChI is InChI=1S/C21H27N5O/c1-2-25-10-12-26(13-11-25)20-9-8-17(15-22-20)23-21(27)24-19-14-18(19)16-6-4-3-5-7-16/h3-9,15,18-19H,2,10-14H2,1H3,(H2,23,24,27)/t18-,19+/m0/s1. The van der Waals surface area contributed by atoms with Crippen molar-refractivity contribution in [3.8, 4) is 0 Å². The van der Waals surface area contributed by atoms with E-state index in [0.29, 0.717) is 5.92 Å². The highest BCUT2D eigenvalue weighted by Gasteiger charge is 2.39. The fourth-order valence-electron chi connectivity index (χ4n) is 3.70. The monoisotopic (exact) mass is 365 g/mol. The average Bonchev–Trinajstić information content (AvgIpc) is 3.48. The Morgan fingerprint density at radius 1 is 1.11 bits per heavy atom. The molecule has 6 heteroatoms. The van der Waals surface area contributed by atoms with Gasteiger partial charge in [0, 0.05) is 38.1 Å². The highest BCUT2D eigenvalue weighted by atomic mass is 16.2. The maximum atomic E-state index is 12.2. The van der Waals surface area contributed by atoms with Gasteiger partial charge in [-0.25, -0.2) is 9.78 Å². The number of urea groups is 1. The lowest BCUT2D eigenvalue weighted by Gasteiger charge is -2.34. The Hall–Kier alpha value is -2.60. The quantitative estimate of drug-likeness (QED) is 0.855. The van der Waals surface area contributed by atoms with E-state index in [-0.39, 0.29) is 12.1 Å². The molecule has 1 aromatic carbocycles. The molecule has 2 heterocycles. The molecule has 142 valence electrons. The van der Waals surface area contributed by atoms with Gasteiger partial charge in [-0.15, -0.1) is 0 Å². The minimum atomic E-state index is -0.162. The van der Waals surface area contributed by atoms with E-state index in [1.807, 2.05) is 30.3 Å². The number of hydrogen-bond acceptors (Lipinski definition) is 4. The molecular weight excluding hydrogens is 338 g/mol. The molecule has 0 unspecified atom stereocenters. The van der Waals surface area contributed by atoms with E-state index >= 15 is 0 Å². The van der Waals surface area contributed by atoms with Crippen LogP contribution < -0.4 is 15.5 Å². The summed E-state index contributed by atoms with van der Waals surface area (Å²) in [5.41, 5.74) is 2.01. The number of pyridine rings is 1. The normalized spacial score (nSPS) is 22.3. The molecule has 27 heavy (non-hydrogen) atoms. The predicted octanol–water partition coefficient (Wildman–Crippen LogP) is 2.90.